The van der Waals surface area contributed by atoms with Gasteiger partial charge in [-0.1, -0.05) is 0 Å². The van der Waals surface area contributed by atoms with Crippen LogP contribution in [0.3, 0.4) is 0 Å². The fourth-order valence-corrected chi connectivity index (χ4v) is 4.23. The molecule has 1 aromatic carbocycles. The van der Waals surface area contributed by atoms with Crippen molar-refractivity contribution in [1.29, 1.82) is 0 Å². The molecule has 2 aliphatic heterocycles. The molecule has 6 nitrogen and oxygen atoms in total. The van der Waals surface area contributed by atoms with Crippen molar-refractivity contribution in [3.05, 3.63) is 60.1 Å². The van der Waals surface area contributed by atoms with E-state index in [1.54, 1.807) is 0 Å². The predicted molar refractivity (Wildman–Crippen MR) is 98.2 cm³/mol. The van der Waals surface area contributed by atoms with E-state index >= 15 is 0 Å². The molecule has 27 heavy (non-hydrogen) atoms. The first-order valence-electron chi connectivity index (χ1n) is 9.24. The Morgan fingerprint density at radius 3 is 2.81 bits per heavy atom. The number of benzene rings is 1. The lowest BCUT2D eigenvalue weighted by molar-refractivity contribution is -0.0821. The molecule has 0 amide bonds. The summed E-state index contributed by atoms with van der Waals surface area (Å²) < 4.78 is 23.6. The summed E-state index contributed by atoms with van der Waals surface area (Å²) >= 11 is 0. The number of likely N-dealkylation sites (tertiary alicyclic amines) is 1. The summed E-state index contributed by atoms with van der Waals surface area (Å²) in [7, 11) is 1.94. The van der Waals surface area contributed by atoms with Crippen LogP contribution in [0, 0.1) is 5.82 Å². The van der Waals surface area contributed by atoms with Crippen LogP contribution in [0.15, 0.2) is 42.9 Å². The summed E-state index contributed by atoms with van der Waals surface area (Å²) in [5, 5.41) is 4.26. The van der Waals surface area contributed by atoms with Crippen molar-refractivity contribution in [1.82, 2.24) is 24.2 Å². The average molecular weight is 367 g/mol. The number of hydrogen-bond donors (Lipinski definition) is 0. The highest BCUT2D eigenvalue weighted by Gasteiger charge is 2.43. The van der Waals surface area contributed by atoms with Gasteiger partial charge in [-0.3, -0.25) is 9.58 Å². The van der Waals surface area contributed by atoms with E-state index in [1.165, 1.54) is 17.7 Å². The Hall–Kier alpha value is -2.51. The molecule has 1 spiro atoms. The Morgan fingerprint density at radius 1 is 1.19 bits per heavy atom. The van der Waals surface area contributed by atoms with Crippen molar-refractivity contribution >= 4 is 0 Å². The molecule has 5 rings (SSSR count). The molecule has 3 aromatic rings. The second-order valence-corrected chi connectivity index (χ2v) is 7.61. The van der Waals surface area contributed by atoms with Gasteiger partial charge in [-0.25, -0.2) is 9.37 Å². The van der Waals surface area contributed by atoms with Crippen molar-refractivity contribution in [2.45, 2.75) is 31.7 Å². The zero-order valence-corrected chi connectivity index (χ0v) is 15.3. The van der Waals surface area contributed by atoms with Crippen molar-refractivity contribution in [3.8, 4) is 11.3 Å². The van der Waals surface area contributed by atoms with E-state index in [0.29, 0.717) is 6.61 Å². The van der Waals surface area contributed by atoms with Gasteiger partial charge in [0.05, 0.1) is 24.6 Å². The first-order valence-corrected chi connectivity index (χ1v) is 9.24. The summed E-state index contributed by atoms with van der Waals surface area (Å²) in [6.45, 7) is 4.08. The summed E-state index contributed by atoms with van der Waals surface area (Å²) in [4.78, 5) is 6.95. The molecule has 0 N–H and O–H groups in total. The maximum absolute atomic E-state index is 13.3. The molecule has 140 valence electrons. The Balaban J connectivity index is 1.36. The molecule has 1 fully saturated rings. The van der Waals surface area contributed by atoms with E-state index in [9.17, 15) is 4.39 Å². The van der Waals surface area contributed by atoms with Crippen molar-refractivity contribution in [2.24, 2.45) is 7.05 Å². The van der Waals surface area contributed by atoms with E-state index in [2.05, 4.69) is 25.7 Å². The zero-order valence-electron chi connectivity index (χ0n) is 15.3. The van der Waals surface area contributed by atoms with Crippen LogP contribution < -0.4 is 0 Å². The second kappa shape index (κ2) is 6.28. The Bertz CT molecular complexity index is 963. The lowest BCUT2D eigenvalue weighted by atomic mass is 10.0. The molecule has 0 bridgehead atoms. The normalized spacial score (nSPS) is 22.4. The van der Waals surface area contributed by atoms with E-state index in [0.717, 1.165) is 49.7 Å². The molecule has 7 heteroatoms. The topological polar surface area (TPSA) is 48.1 Å². The summed E-state index contributed by atoms with van der Waals surface area (Å²) in [5.74, 6) is 0.712. The SMILES string of the molecule is Cn1cc(CN2CC[C@@]3(C2)Cn2c(-c4ccc(F)cc4)cnc2CO3)cn1. The lowest BCUT2D eigenvalue weighted by Gasteiger charge is -2.35. The minimum atomic E-state index is -0.223. The van der Waals surface area contributed by atoms with Crippen molar-refractivity contribution < 1.29 is 9.13 Å². The van der Waals surface area contributed by atoms with Crippen LogP contribution in [0.1, 0.15) is 17.8 Å². The number of halogens is 1. The van der Waals surface area contributed by atoms with Gasteiger partial charge in [-0.15, -0.1) is 0 Å². The molecule has 0 unspecified atom stereocenters. The third-order valence-electron chi connectivity index (χ3n) is 5.59. The van der Waals surface area contributed by atoms with Gasteiger partial charge in [0.1, 0.15) is 23.8 Å². The van der Waals surface area contributed by atoms with E-state index in [4.69, 9.17) is 4.74 Å². The van der Waals surface area contributed by atoms with E-state index < -0.39 is 0 Å². The third-order valence-corrected chi connectivity index (χ3v) is 5.59. The van der Waals surface area contributed by atoms with Gasteiger partial charge in [-0.05, 0) is 36.2 Å². The maximum atomic E-state index is 13.3. The van der Waals surface area contributed by atoms with Crippen LogP contribution in [-0.4, -0.2) is 42.9 Å². The van der Waals surface area contributed by atoms with Gasteiger partial charge in [0.2, 0.25) is 0 Å². The largest absolute Gasteiger partial charge is 0.364 e. The minimum Gasteiger partial charge on any atom is -0.364 e. The Labute approximate surface area is 157 Å². The molecule has 0 saturated carbocycles. The summed E-state index contributed by atoms with van der Waals surface area (Å²) in [5.41, 5.74) is 3.04. The van der Waals surface area contributed by atoms with Crippen LogP contribution in [0.2, 0.25) is 0 Å². The van der Waals surface area contributed by atoms with Crippen LogP contribution in [0.25, 0.3) is 11.3 Å². The van der Waals surface area contributed by atoms with Crippen LogP contribution in [0.5, 0.6) is 0 Å². The van der Waals surface area contributed by atoms with Gasteiger partial charge in [0.15, 0.2) is 0 Å². The smallest absolute Gasteiger partial charge is 0.135 e. The molecule has 2 aliphatic rings. The number of imidazole rings is 1. The highest BCUT2D eigenvalue weighted by Crippen LogP contribution is 2.35. The summed E-state index contributed by atoms with van der Waals surface area (Å²) in [6, 6.07) is 6.61. The molecule has 0 aliphatic carbocycles. The fraction of sp³-hybridized carbons (Fsp3) is 0.400. The number of nitrogens with zero attached hydrogens (tertiary/aromatic N) is 5. The van der Waals surface area contributed by atoms with E-state index in [1.807, 2.05) is 36.3 Å². The minimum absolute atomic E-state index is 0.190. The van der Waals surface area contributed by atoms with Crippen molar-refractivity contribution in [3.63, 3.8) is 0 Å². The number of aromatic nitrogens is 4. The van der Waals surface area contributed by atoms with Crippen LogP contribution in [0.4, 0.5) is 4.39 Å². The molecule has 2 aromatic heterocycles. The molecular formula is C20H22FN5O. The number of ether oxygens (including phenoxy) is 1. The highest BCUT2D eigenvalue weighted by molar-refractivity contribution is 5.59. The number of rotatable bonds is 3. The molecular weight excluding hydrogens is 345 g/mol. The van der Waals surface area contributed by atoms with Crippen LogP contribution >= 0.6 is 0 Å². The summed E-state index contributed by atoms with van der Waals surface area (Å²) in [6.07, 6.45) is 6.85. The number of fused-ring (bicyclic) bond motifs is 1. The first-order chi connectivity index (χ1) is 13.1. The average Bonchev–Trinajstić information content (AvgIpc) is 3.36. The quantitative estimate of drug-likeness (QED) is 0.714. The zero-order chi connectivity index (χ0) is 18.4. The van der Waals surface area contributed by atoms with Gasteiger partial charge in [0.25, 0.3) is 0 Å². The monoisotopic (exact) mass is 367 g/mol. The Morgan fingerprint density at radius 2 is 2.04 bits per heavy atom. The number of aryl methyl sites for hydroxylation is 1. The van der Waals surface area contributed by atoms with Gasteiger partial charge in [-0.2, -0.15) is 5.10 Å². The van der Waals surface area contributed by atoms with Gasteiger partial charge >= 0.3 is 0 Å². The lowest BCUT2D eigenvalue weighted by Crippen LogP contribution is -2.44. The molecule has 0 radical (unpaired) electrons. The predicted octanol–water partition coefficient (Wildman–Crippen LogP) is 2.60. The van der Waals surface area contributed by atoms with Crippen LogP contribution in [-0.2, 0) is 31.5 Å². The van der Waals surface area contributed by atoms with E-state index in [-0.39, 0.29) is 11.4 Å². The first kappa shape index (κ1) is 16.6. The highest BCUT2D eigenvalue weighted by atomic mass is 19.1. The van der Waals surface area contributed by atoms with Gasteiger partial charge in [0, 0.05) is 38.4 Å². The molecule has 1 atom stereocenters. The molecule has 4 heterocycles. The molecule has 1 saturated heterocycles. The Kier molecular flexibility index (Phi) is 3.87. The number of hydrogen-bond acceptors (Lipinski definition) is 4. The standard InChI is InChI=1S/C20H22FN5O/c1-24-10-15(8-23-24)11-25-7-6-20(13-25)14-26-18(9-22-19(26)12-27-20)16-2-4-17(21)5-3-16/h2-5,8-10H,6-7,11-14H2,1H3/t20-/m1/s1. The third kappa shape index (κ3) is 3.07. The van der Waals surface area contributed by atoms with Crippen molar-refractivity contribution in [2.75, 3.05) is 13.1 Å². The second-order valence-electron chi connectivity index (χ2n) is 7.61. The van der Waals surface area contributed by atoms with Gasteiger partial charge < -0.3 is 9.30 Å². The maximum Gasteiger partial charge on any atom is 0.135 e. The fourth-order valence-electron chi connectivity index (χ4n) is 4.23.